The predicted octanol–water partition coefficient (Wildman–Crippen LogP) is 5.50. The minimum absolute atomic E-state index is 0.157. The number of allylic oxidation sites excluding steroid dienone is 1. The highest BCUT2D eigenvalue weighted by Gasteiger charge is 2.59. The molecule has 6 atom stereocenters. The van der Waals surface area contributed by atoms with Gasteiger partial charge in [-0.1, -0.05) is 60.7 Å². The summed E-state index contributed by atoms with van der Waals surface area (Å²) in [6, 6.07) is 20.2. The molecule has 1 heteroatoms. The van der Waals surface area contributed by atoms with Gasteiger partial charge in [-0.15, -0.1) is 6.58 Å². The molecular formula is C26H30O. The number of hydrogen-bond donors (Lipinski definition) is 1. The molecule has 27 heavy (non-hydrogen) atoms. The molecule has 0 bridgehead atoms. The van der Waals surface area contributed by atoms with Crippen LogP contribution in [0.15, 0.2) is 67.3 Å². The molecule has 2 aromatic rings. The van der Waals surface area contributed by atoms with E-state index < -0.39 is 0 Å². The van der Waals surface area contributed by atoms with Crippen LogP contribution >= 0.6 is 0 Å². The minimum Gasteiger partial charge on any atom is -0.396 e. The van der Waals surface area contributed by atoms with Gasteiger partial charge in [0.05, 0.1) is 0 Å². The fraction of sp³-hybridized carbons (Fsp3) is 0.462. The molecule has 0 radical (unpaired) electrons. The smallest absolute Gasteiger partial charge is 0.0465 e. The quantitative estimate of drug-likeness (QED) is 0.719. The number of benzene rings is 2. The molecule has 3 aliphatic rings. The molecule has 3 aliphatic carbocycles. The van der Waals surface area contributed by atoms with Crippen LogP contribution in [0.3, 0.4) is 0 Å². The van der Waals surface area contributed by atoms with Crippen molar-refractivity contribution in [2.75, 3.05) is 6.61 Å². The summed E-state index contributed by atoms with van der Waals surface area (Å²) in [7, 11) is 0. The van der Waals surface area contributed by atoms with Crippen molar-refractivity contribution in [3.8, 4) is 0 Å². The van der Waals surface area contributed by atoms with Gasteiger partial charge >= 0.3 is 0 Å². The highest BCUT2D eigenvalue weighted by molar-refractivity contribution is 5.40. The van der Waals surface area contributed by atoms with E-state index in [1.165, 1.54) is 42.4 Å². The van der Waals surface area contributed by atoms with Gasteiger partial charge in [-0.25, -0.2) is 0 Å². The molecule has 2 saturated carbocycles. The SMILES string of the molecule is C=C[C@H]1CC[C@@H]2[C@H]3CCc4ccccc4[C@@H]3[C@@H](CO)C[C@@]21c1ccccc1. The first-order valence-electron chi connectivity index (χ1n) is 10.7. The lowest BCUT2D eigenvalue weighted by atomic mass is 9.48. The van der Waals surface area contributed by atoms with Gasteiger partial charge in [0.25, 0.3) is 0 Å². The van der Waals surface area contributed by atoms with Crippen molar-refractivity contribution < 1.29 is 5.11 Å². The van der Waals surface area contributed by atoms with E-state index in [0.29, 0.717) is 36.2 Å². The maximum atomic E-state index is 10.5. The van der Waals surface area contributed by atoms with Crippen molar-refractivity contribution in [1.82, 2.24) is 0 Å². The number of hydrogen-bond acceptors (Lipinski definition) is 1. The van der Waals surface area contributed by atoms with Gasteiger partial charge in [-0.05, 0) is 78.4 Å². The highest BCUT2D eigenvalue weighted by atomic mass is 16.3. The van der Waals surface area contributed by atoms with Gasteiger partial charge in [0.2, 0.25) is 0 Å². The Morgan fingerprint density at radius 3 is 2.56 bits per heavy atom. The maximum Gasteiger partial charge on any atom is 0.0465 e. The minimum atomic E-state index is 0.157. The zero-order chi connectivity index (χ0) is 18.4. The van der Waals surface area contributed by atoms with Crippen molar-refractivity contribution >= 4 is 0 Å². The van der Waals surface area contributed by atoms with Crippen molar-refractivity contribution in [3.63, 3.8) is 0 Å². The molecule has 1 nitrogen and oxygen atoms in total. The lowest BCUT2D eigenvalue weighted by Gasteiger charge is -2.55. The average Bonchev–Trinajstić information content (AvgIpc) is 3.13. The molecule has 2 fully saturated rings. The van der Waals surface area contributed by atoms with Gasteiger partial charge in [0, 0.05) is 12.0 Å². The summed E-state index contributed by atoms with van der Waals surface area (Å²) in [5, 5.41) is 10.5. The van der Waals surface area contributed by atoms with Crippen molar-refractivity contribution in [2.45, 2.75) is 43.4 Å². The summed E-state index contributed by atoms with van der Waals surface area (Å²) < 4.78 is 0. The van der Waals surface area contributed by atoms with E-state index in [9.17, 15) is 5.11 Å². The normalized spacial score (nSPS) is 37.1. The lowest BCUT2D eigenvalue weighted by Crippen LogP contribution is -2.51. The van der Waals surface area contributed by atoms with Gasteiger partial charge in [-0.2, -0.15) is 0 Å². The van der Waals surface area contributed by atoms with Crippen molar-refractivity contribution in [3.05, 3.63) is 83.9 Å². The molecule has 5 rings (SSSR count). The van der Waals surface area contributed by atoms with Crippen LogP contribution in [0.2, 0.25) is 0 Å². The second-order valence-corrected chi connectivity index (χ2v) is 9.01. The predicted molar refractivity (Wildman–Crippen MR) is 111 cm³/mol. The zero-order valence-electron chi connectivity index (χ0n) is 16.1. The molecule has 0 aromatic heterocycles. The van der Waals surface area contributed by atoms with Crippen LogP contribution in [0.1, 0.15) is 48.3 Å². The molecule has 0 saturated heterocycles. The van der Waals surface area contributed by atoms with E-state index in [0.717, 1.165) is 6.42 Å². The Kier molecular flexibility index (Phi) is 4.24. The Morgan fingerprint density at radius 1 is 1.00 bits per heavy atom. The summed E-state index contributed by atoms with van der Waals surface area (Å²) in [6.45, 7) is 4.52. The molecule has 0 spiro atoms. The third-order valence-electron chi connectivity index (χ3n) is 8.19. The van der Waals surface area contributed by atoms with Crippen LogP contribution in [-0.4, -0.2) is 11.7 Å². The van der Waals surface area contributed by atoms with Gasteiger partial charge in [0.1, 0.15) is 0 Å². The summed E-state index contributed by atoms with van der Waals surface area (Å²) in [5.74, 6) is 2.76. The van der Waals surface area contributed by atoms with Crippen LogP contribution in [0.5, 0.6) is 0 Å². The summed E-state index contributed by atoms with van der Waals surface area (Å²) >= 11 is 0. The Balaban J connectivity index is 1.66. The lowest BCUT2D eigenvalue weighted by molar-refractivity contribution is 0.0189. The molecule has 2 aromatic carbocycles. The zero-order valence-corrected chi connectivity index (χ0v) is 16.1. The topological polar surface area (TPSA) is 20.2 Å². The second kappa shape index (κ2) is 6.63. The van der Waals surface area contributed by atoms with E-state index in [4.69, 9.17) is 0 Å². The highest BCUT2D eigenvalue weighted by Crippen LogP contribution is 2.65. The van der Waals surface area contributed by atoms with Crippen LogP contribution < -0.4 is 0 Å². The van der Waals surface area contributed by atoms with E-state index in [-0.39, 0.29) is 5.41 Å². The Bertz CT molecular complexity index is 825. The van der Waals surface area contributed by atoms with Crippen LogP contribution in [0.25, 0.3) is 0 Å². The number of aryl methyl sites for hydroxylation is 1. The first kappa shape index (κ1) is 17.3. The van der Waals surface area contributed by atoms with Crippen LogP contribution in [-0.2, 0) is 11.8 Å². The number of aliphatic hydroxyl groups is 1. The van der Waals surface area contributed by atoms with Crippen LogP contribution in [0, 0.1) is 23.7 Å². The van der Waals surface area contributed by atoms with E-state index in [2.05, 4.69) is 67.3 Å². The van der Waals surface area contributed by atoms with Crippen molar-refractivity contribution in [1.29, 1.82) is 0 Å². The fourth-order valence-electron chi connectivity index (χ4n) is 7.28. The molecular weight excluding hydrogens is 328 g/mol. The molecule has 0 amide bonds. The van der Waals surface area contributed by atoms with Crippen molar-refractivity contribution in [2.24, 2.45) is 23.7 Å². The first-order valence-corrected chi connectivity index (χ1v) is 10.7. The largest absolute Gasteiger partial charge is 0.396 e. The average molecular weight is 359 g/mol. The molecule has 1 N–H and O–H groups in total. The van der Waals surface area contributed by atoms with E-state index in [1.54, 1.807) is 0 Å². The third kappa shape index (κ3) is 2.41. The molecule has 0 heterocycles. The Morgan fingerprint density at radius 2 is 1.78 bits per heavy atom. The second-order valence-electron chi connectivity index (χ2n) is 9.01. The third-order valence-corrected chi connectivity index (χ3v) is 8.19. The Hall–Kier alpha value is -1.86. The fourth-order valence-corrected chi connectivity index (χ4v) is 7.28. The molecule has 0 unspecified atom stereocenters. The first-order chi connectivity index (χ1) is 13.3. The van der Waals surface area contributed by atoms with Gasteiger partial charge in [0.15, 0.2) is 0 Å². The van der Waals surface area contributed by atoms with Gasteiger partial charge in [-0.3, -0.25) is 0 Å². The maximum absolute atomic E-state index is 10.5. The summed E-state index contributed by atoms with van der Waals surface area (Å²) in [4.78, 5) is 0. The number of rotatable bonds is 3. The Labute approximate surface area is 163 Å². The molecule has 140 valence electrons. The standard InChI is InChI=1S/C26H30O/c1-2-20-13-15-24-23-14-12-18-8-6-7-11-22(18)25(23)19(17-27)16-26(20,24)21-9-4-3-5-10-21/h2-11,19-20,23-25,27H,1,12-17H2/t19-,20+,23-,24-,25+,26-/m1/s1. The van der Waals surface area contributed by atoms with E-state index >= 15 is 0 Å². The number of aliphatic hydroxyl groups excluding tert-OH is 1. The van der Waals surface area contributed by atoms with E-state index in [1.807, 2.05) is 0 Å². The summed E-state index contributed by atoms with van der Waals surface area (Å²) in [6.07, 6.45) is 8.30. The summed E-state index contributed by atoms with van der Waals surface area (Å²) in [5.41, 5.74) is 4.68. The number of fused-ring (bicyclic) bond motifs is 5. The van der Waals surface area contributed by atoms with Gasteiger partial charge < -0.3 is 5.11 Å². The molecule has 0 aliphatic heterocycles. The monoisotopic (exact) mass is 358 g/mol. The van der Waals surface area contributed by atoms with Crippen LogP contribution in [0.4, 0.5) is 0 Å².